The van der Waals surface area contributed by atoms with Crippen LogP contribution in [0.4, 0.5) is 0 Å². The Balaban J connectivity index is 4.24. The van der Waals surface area contributed by atoms with Crippen LogP contribution in [-0.4, -0.2) is 37.2 Å². The van der Waals surface area contributed by atoms with Crippen molar-refractivity contribution in [2.45, 2.75) is 278 Å². The standard InChI is InChI=1S/C49H94O6/c1-5-7-9-11-13-15-20-26-30-34-38-42-49(52)55-46(43-53-47(50)40-36-32-28-23-14-12-10-8-6-2)44-54-48(51)41-37-33-29-25-22-19-17-16-18-21-24-27-31-35-39-45(3)4/h45-46H,5-44H2,1-4H3/t46-/m0/s1. The molecule has 0 aromatic carbocycles. The molecule has 0 fully saturated rings. The van der Waals surface area contributed by atoms with Crippen LogP contribution in [0.1, 0.15) is 272 Å². The molecule has 0 rings (SSSR count). The molecule has 0 bridgehead atoms. The van der Waals surface area contributed by atoms with Gasteiger partial charge in [0.2, 0.25) is 0 Å². The molecule has 0 unspecified atom stereocenters. The van der Waals surface area contributed by atoms with Gasteiger partial charge < -0.3 is 14.2 Å². The zero-order chi connectivity index (χ0) is 40.3. The van der Waals surface area contributed by atoms with Gasteiger partial charge in [-0.3, -0.25) is 14.4 Å². The Kier molecular flexibility index (Phi) is 42.3. The predicted octanol–water partition coefficient (Wildman–Crippen LogP) is 15.5. The summed E-state index contributed by atoms with van der Waals surface area (Å²) in [6.07, 6.45) is 43.7. The molecule has 0 saturated carbocycles. The normalized spacial score (nSPS) is 11.9. The Bertz CT molecular complexity index is 826. The van der Waals surface area contributed by atoms with E-state index in [4.69, 9.17) is 14.2 Å². The Morgan fingerprint density at radius 3 is 0.891 bits per heavy atom. The summed E-state index contributed by atoms with van der Waals surface area (Å²) < 4.78 is 16.7. The number of hydrogen-bond acceptors (Lipinski definition) is 6. The van der Waals surface area contributed by atoms with Crippen molar-refractivity contribution in [2.75, 3.05) is 13.2 Å². The molecule has 0 amide bonds. The maximum Gasteiger partial charge on any atom is 0.306 e. The summed E-state index contributed by atoms with van der Waals surface area (Å²) in [5.74, 6) is -0.00703. The number of rotatable bonds is 44. The van der Waals surface area contributed by atoms with E-state index in [9.17, 15) is 14.4 Å². The van der Waals surface area contributed by atoms with E-state index in [0.29, 0.717) is 19.3 Å². The first-order chi connectivity index (χ1) is 26.9. The minimum atomic E-state index is -0.758. The van der Waals surface area contributed by atoms with Crippen molar-refractivity contribution in [3.8, 4) is 0 Å². The molecular formula is C49H94O6. The van der Waals surface area contributed by atoms with Crippen LogP contribution < -0.4 is 0 Å². The summed E-state index contributed by atoms with van der Waals surface area (Å²) in [6.45, 7) is 9.00. The highest BCUT2D eigenvalue weighted by Crippen LogP contribution is 2.17. The lowest BCUT2D eigenvalue weighted by molar-refractivity contribution is -0.167. The van der Waals surface area contributed by atoms with Gasteiger partial charge in [0.15, 0.2) is 6.10 Å². The highest BCUT2D eigenvalue weighted by atomic mass is 16.6. The van der Waals surface area contributed by atoms with Gasteiger partial charge in [0.1, 0.15) is 13.2 Å². The number of unbranched alkanes of at least 4 members (excludes halogenated alkanes) is 31. The molecule has 0 saturated heterocycles. The van der Waals surface area contributed by atoms with E-state index in [1.54, 1.807) is 0 Å². The fraction of sp³-hybridized carbons (Fsp3) is 0.939. The maximum atomic E-state index is 12.7. The summed E-state index contributed by atoms with van der Waals surface area (Å²) in [7, 11) is 0. The number of ether oxygens (including phenoxy) is 3. The zero-order valence-electron chi connectivity index (χ0n) is 37.4. The van der Waals surface area contributed by atoms with Gasteiger partial charge >= 0.3 is 17.9 Å². The molecule has 1 atom stereocenters. The first-order valence-corrected chi connectivity index (χ1v) is 24.4. The quantitative estimate of drug-likeness (QED) is 0.0348. The summed E-state index contributed by atoms with van der Waals surface area (Å²) in [6, 6.07) is 0. The average Bonchev–Trinajstić information content (AvgIpc) is 3.17. The van der Waals surface area contributed by atoms with E-state index in [-0.39, 0.29) is 31.1 Å². The van der Waals surface area contributed by atoms with Crippen LogP contribution in [0.25, 0.3) is 0 Å². The SMILES string of the molecule is CCCCCCCCCCCCCC(=O)O[C@@H](COC(=O)CCCCCCCCCCC)COC(=O)CCCCCCCCCCCCCCCCC(C)C. The van der Waals surface area contributed by atoms with Crippen LogP contribution >= 0.6 is 0 Å². The van der Waals surface area contributed by atoms with Gasteiger partial charge in [-0.15, -0.1) is 0 Å². The highest BCUT2D eigenvalue weighted by molar-refractivity contribution is 5.71. The minimum absolute atomic E-state index is 0.0632. The second-order valence-electron chi connectivity index (χ2n) is 17.2. The fourth-order valence-electron chi connectivity index (χ4n) is 7.33. The van der Waals surface area contributed by atoms with Gasteiger partial charge in [-0.25, -0.2) is 0 Å². The van der Waals surface area contributed by atoms with Crippen LogP contribution in [-0.2, 0) is 28.6 Å². The molecule has 326 valence electrons. The Morgan fingerprint density at radius 2 is 0.600 bits per heavy atom. The fourth-order valence-corrected chi connectivity index (χ4v) is 7.33. The highest BCUT2D eigenvalue weighted by Gasteiger charge is 2.19. The maximum absolute atomic E-state index is 12.7. The third-order valence-corrected chi connectivity index (χ3v) is 11.0. The Hall–Kier alpha value is -1.59. The molecule has 0 aliphatic heterocycles. The topological polar surface area (TPSA) is 78.9 Å². The second kappa shape index (κ2) is 43.5. The van der Waals surface area contributed by atoms with Gasteiger partial charge in [0.25, 0.3) is 0 Å². The predicted molar refractivity (Wildman–Crippen MR) is 233 cm³/mol. The first kappa shape index (κ1) is 53.4. The van der Waals surface area contributed by atoms with Gasteiger partial charge in [-0.2, -0.15) is 0 Å². The lowest BCUT2D eigenvalue weighted by Gasteiger charge is -2.18. The van der Waals surface area contributed by atoms with Crippen molar-refractivity contribution in [3.05, 3.63) is 0 Å². The van der Waals surface area contributed by atoms with E-state index >= 15 is 0 Å². The number of carbonyl (C=O) groups is 3. The monoisotopic (exact) mass is 779 g/mol. The van der Waals surface area contributed by atoms with E-state index in [1.165, 1.54) is 167 Å². The molecule has 0 aromatic rings. The van der Waals surface area contributed by atoms with Crippen molar-refractivity contribution in [1.29, 1.82) is 0 Å². The van der Waals surface area contributed by atoms with E-state index in [0.717, 1.165) is 63.7 Å². The summed E-state index contributed by atoms with van der Waals surface area (Å²) in [4.78, 5) is 37.7. The summed E-state index contributed by atoms with van der Waals surface area (Å²) >= 11 is 0. The molecule has 0 N–H and O–H groups in total. The third kappa shape index (κ3) is 43.4. The molecule has 55 heavy (non-hydrogen) atoms. The van der Waals surface area contributed by atoms with Crippen molar-refractivity contribution in [1.82, 2.24) is 0 Å². The molecule has 0 aromatic heterocycles. The summed E-state index contributed by atoms with van der Waals surface area (Å²) in [5.41, 5.74) is 0. The smallest absolute Gasteiger partial charge is 0.306 e. The van der Waals surface area contributed by atoms with Crippen molar-refractivity contribution in [2.24, 2.45) is 5.92 Å². The third-order valence-electron chi connectivity index (χ3n) is 11.0. The molecule has 0 spiro atoms. The Labute approximate surface area is 342 Å². The van der Waals surface area contributed by atoms with E-state index in [1.807, 2.05) is 0 Å². The second-order valence-corrected chi connectivity index (χ2v) is 17.2. The lowest BCUT2D eigenvalue weighted by Crippen LogP contribution is -2.30. The molecule has 0 heterocycles. The molecule has 0 aliphatic carbocycles. The molecule has 6 nitrogen and oxygen atoms in total. The van der Waals surface area contributed by atoms with Crippen LogP contribution in [0, 0.1) is 5.92 Å². The van der Waals surface area contributed by atoms with Crippen LogP contribution in [0.5, 0.6) is 0 Å². The largest absolute Gasteiger partial charge is 0.462 e. The van der Waals surface area contributed by atoms with Crippen molar-refractivity contribution < 1.29 is 28.6 Å². The number of esters is 3. The van der Waals surface area contributed by atoms with Gasteiger partial charge in [-0.05, 0) is 25.2 Å². The van der Waals surface area contributed by atoms with Gasteiger partial charge in [0, 0.05) is 19.3 Å². The van der Waals surface area contributed by atoms with E-state index in [2.05, 4.69) is 27.7 Å². The van der Waals surface area contributed by atoms with Crippen molar-refractivity contribution >= 4 is 17.9 Å². The molecular weight excluding hydrogens is 685 g/mol. The van der Waals surface area contributed by atoms with E-state index < -0.39 is 6.10 Å². The van der Waals surface area contributed by atoms with Crippen LogP contribution in [0.3, 0.4) is 0 Å². The lowest BCUT2D eigenvalue weighted by atomic mass is 10.0. The Morgan fingerprint density at radius 1 is 0.345 bits per heavy atom. The average molecular weight is 779 g/mol. The minimum Gasteiger partial charge on any atom is -0.462 e. The summed E-state index contributed by atoms with van der Waals surface area (Å²) in [5, 5.41) is 0. The van der Waals surface area contributed by atoms with Gasteiger partial charge in [0.05, 0.1) is 0 Å². The van der Waals surface area contributed by atoms with Gasteiger partial charge in [-0.1, -0.05) is 233 Å². The zero-order valence-corrected chi connectivity index (χ0v) is 37.4. The molecule has 6 heteroatoms. The molecule has 0 radical (unpaired) electrons. The van der Waals surface area contributed by atoms with Crippen LogP contribution in [0.15, 0.2) is 0 Å². The van der Waals surface area contributed by atoms with Crippen LogP contribution in [0.2, 0.25) is 0 Å². The molecule has 0 aliphatic rings. The number of carbonyl (C=O) groups excluding carboxylic acids is 3. The van der Waals surface area contributed by atoms with Crippen molar-refractivity contribution in [3.63, 3.8) is 0 Å². The first-order valence-electron chi connectivity index (χ1n) is 24.4. The number of hydrogen-bond donors (Lipinski definition) is 0.